The van der Waals surface area contributed by atoms with Gasteiger partial charge in [-0.15, -0.1) is 0 Å². The van der Waals surface area contributed by atoms with Gasteiger partial charge in [0.15, 0.2) is 6.04 Å². The number of nitrogens with one attached hydrogen (secondary N) is 1. The molecule has 2 fully saturated rings. The van der Waals surface area contributed by atoms with Gasteiger partial charge in [-0.05, 0) is 81.7 Å². The summed E-state index contributed by atoms with van der Waals surface area (Å²) in [5.74, 6) is -1.03. The van der Waals surface area contributed by atoms with Gasteiger partial charge in [0.05, 0.1) is 22.3 Å². The van der Waals surface area contributed by atoms with Gasteiger partial charge < -0.3 is 10.2 Å². The Morgan fingerprint density at radius 3 is 2.28 bits per heavy atom. The number of fused-ring (bicyclic) bond motifs is 1. The molecule has 0 bridgehead atoms. The van der Waals surface area contributed by atoms with Crippen LogP contribution in [0.1, 0.15) is 65.2 Å². The highest BCUT2D eigenvalue weighted by molar-refractivity contribution is 6.07. The number of alkyl halides is 6. The molecule has 6 rings (SSSR count). The van der Waals surface area contributed by atoms with Crippen molar-refractivity contribution in [3.63, 3.8) is 0 Å². The third-order valence-corrected chi connectivity index (χ3v) is 9.12. The van der Waals surface area contributed by atoms with E-state index in [-0.39, 0.29) is 45.5 Å². The molecule has 1 N–H and O–H groups in total. The van der Waals surface area contributed by atoms with Gasteiger partial charge in [-0.2, -0.15) is 26.3 Å². The monoisotopic (exact) mass is 655 g/mol. The van der Waals surface area contributed by atoms with Crippen LogP contribution in [0.25, 0.3) is 22.3 Å². The lowest BCUT2D eigenvalue weighted by Crippen LogP contribution is -2.46. The van der Waals surface area contributed by atoms with Crippen LogP contribution in [0.3, 0.4) is 0 Å². The largest absolute Gasteiger partial charge is 0.416 e. The Kier molecular flexibility index (Phi) is 9.52. The molecule has 4 aromatic rings. The van der Waals surface area contributed by atoms with Gasteiger partial charge in [0, 0.05) is 29.9 Å². The number of nitrogens with zero attached hydrogens (tertiary/aromatic N) is 4. The highest BCUT2D eigenvalue weighted by Gasteiger charge is 2.43. The van der Waals surface area contributed by atoms with Crippen LogP contribution in [-0.2, 0) is 12.7 Å². The van der Waals surface area contributed by atoms with E-state index in [9.17, 15) is 31.1 Å². The average Bonchev–Trinajstić information content (AvgIpc) is 3.07. The Balaban J connectivity index is 1.44. The number of carbonyl (C=O) groups is 1. The zero-order chi connectivity index (χ0) is 33.2. The number of hydrogen-bond acceptors (Lipinski definition) is 5. The summed E-state index contributed by atoms with van der Waals surface area (Å²) in [6, 6.07) is 12.9. The number of likely N-dealkylation sites (tertiary alicyclic amines) is 2. The Bertz CT molecular complexity index is 1700. The van der Waals surface area contributed by atoms with Crippen molar-refractivity contribution in [2.75, 3.05) is 26.2 Å². The zero-order valence-corrected chi connectivity index (χ0v) is 25.6. The molecular weight excluding hydrogens is 620 g/mol. The minimum atomic E-state index is -4.83. The molecule has 1 atom stereocenters. The predicted molar refractivity (Wildman–Crippen MR) is 166 cm³/mol. The highest BCUT2D eigenvalue weighted by Crippen LogP contribution is 2.37. The Labute approximate surface area is 268 Å². The van der Waals surface area contributed by atoms with E-state index in [1.165, 1.54) is 49.0 Å². The molecule has 12 heteroatoms. The third kappa shape index (κ3) is 7.43. The fourth-order valence-electron chi connectivity index (χ4n) is 6.76. The van der Waals surface area contributed by atoms with Gasteiger partial charge in [0.2, 0.25) is 0 Å². The fourth-order valence-corrected chi connectivity index (χ4v) is 6.76. The van der Waals surface area contributed by atoms with E-state index in [1.807, 2.05) is 0 Å². The first kappa shape index (κ1) is 32.9. The number of piperidine rings is 2. The molecule has 0 aliphatic carbocycles. The SMILES string of the molecule is O=C(N[C@H](c1ccccc1)C(F)(F)F)c1c(CN2CCC(N3CCCCC3)CC2)c(-c2cccc(C(F)(F)F)c2)nc2cccnc12. The van der Waals surface area contributed by atoms with Crippen molar-refractivity contribution in [1.29, 1.82) is 0 Å². The summed E-state index contributed by atoms with van der Waals surface area (Å²) >= 11 is 0. The minimum Gasteiger partial charge on any atom is -0.337 e. The molecule has 2 aliphatic rings. The maximum absolute atomic E-state index is 14.4. The van der Waals surface area contributed by atoms with E-state index >= 15 is 0 Å². The van der Waals surface area contributed by atoms with Crippen LogP contribution in [0, 0.1) is 0 Å². The van der Waals surface area contributed by atoms with E-state index < -0.39 is 29.9 Å². The fraction of sp³-hybridized carbons (Fsp3) is 0.400. The van der Waals surface area contributed by atoms with E-state index in [4.69, 9.17) is 0 Å². The molecule has 47 heavy (non-hydrogen) atoms. The van der Waals surface area contributed by atoms with Gasteiger partial charge in [-0.3, -0.25) is 14.7 Å². The number of halogens is 6. The summed E-state index contributed by atoms with van der Waals surface area (Å²) in [6.07, 6.45) is -2.77. The standard InChI is InChI=1S/C35H35F6N5O/c36-34(37,38)25-12-7-11-24(21-25)30-27(22-45-19-14-26(15-20-45)46-17-5-2-6-18-46)29(31-28(43-30)13-8-16-42-31)33(47)44-32(35(39,40)41)23-9-3-1-4-10-23/h1,3-4,7-13,16,21,26,32H,2,5-6,14-15,17-20,22H2,(H,44,47)/t32-/m1/s1. The van der Waals surface area contributed by atoms with Gasteiger partial charge in [-0.25, -0.2) is 4.98 Å². The molecule has 4 heterocycles. The molecule has 2 aliphatic heterocycles. The van der Waals surface area contributed by atoms with Crippen LogP contribution in [0.5, 0.6) is 0 Å². The second kappa shape index (κ2) is 13.6. The second-order valence-corrected chi connectivity index (χ2v) is 12.2. The third-order valence-electron chi connectivity index (χ3n) is 9.12. The van der Waals surface area contributed by atoms with Crippen LogP contribution >= 0.6 is 0 Å². The molecule has 2 saturated heterocycles. The molecular formula is C35H35F6N5O. The lowest BCUT2D eigenvalue weighted by molar-refractivity contribution is -0.155. The minimum absolute atomic E-state index is 0.0768. The van der Waals surface area contributed by atoms with Crippen LogP contribution in [-0.4, -0.2) is 64.1 Å². The topological polar surface area (TPSA) is 61.4 Å². The van der Waals surface area contributed by atoms with E-state index in [1.54, 1.807) is 18.2 Å². The van der Waals surface area contributed by atoms with E-state index in [0.29, 0.717) is 19.1 Å². The molecule has 1 amide bonds. The number of benzene rings is 2. The first-order chi connectivity index (χ1) is 22.5. The number of hydrogen-bond donors (Lipinski definition) is 1. The van der Waals surface area contributed by atoms with Gasteiger partial charge in [0.1, 0.15) is 5.52 Å². The normalized spacial score (nSPS) is 17.9. The van der Waals surface area contributed by atoms with Crippen molar-refractivity contribution < 1.29 is 31.1 Å². The Hall–Kier alpha value is -4.03. The van der Waals surface area contributed by atoms with Gasteiger partial charge in [-0.1, -0.05) is 48.9 Å². The molecule has 0 unspecified atom stereocenters. The summed E-state index contributed by atoms with van der Waals surface area (Å²) in [5, 5.41) is 2.19. The quantitative estimate of drug-likeness (QED) is 0.206. The van der Waals surface area contributed by atoms with Crippen molar-refractivity contribution in [1.82, 2.24) is 25.1 Å². The average molecular weight is 656 g/mol. The molecule has 248 valence electrons. The number of rotatable bonds is 7. The van der Waals surface area contributed by atoms with E-state index in [0.717, 1.165) is 50.9 Å². The first-order valence-electron chi connectivity index (χ1n) is 15.8. The Morgan fingerprint density at radius 1 is 0.872 bits per heavy atom. The maximum Gasteiger partial charge on any atom is 0.416 e. The first-order valence-corrected chi connectivity index (χ1v) is 15.8. The van der Waals surface area contributed by atoms with Gasteiger partial charge in [0.25, 0.3) is 5.91 Å². The summed E-state index contributed by atoms with van der Waals surface area (Å²) in [4.78, 5) is 27.8. The second-order valence-electron chi connectivity index (χ2n) is 12.2. The molecule has 0 radical (unpaired) electrons. The van der Waals surface area contributed by atoms with Crippen LogP contribution in [0.15, 0.2) is 72.9 Å². The van der Waals surface area contributed by atoms with Crippen molar-refractivity contribution in [2.24, 2.45) is 0 Å². The van der Waals surface area contributed by atoms with Crippen LogP contribution < -0.4 is 5.32 Å². The number of amides is 1. The lowest BCUT2D eigenvalue weighted by Gasteiger charge is -2.40. The molecule has 2 aromatic heterocycles. The highest BCUT2D eigenvalue weighted by atomic mass is 19.4. The number of pyridine rings is 2. The summed E-state index contributed by atoms with van der Waals surface area (Å²) < 4.78 is 84.6. The smallest absolute Gasteiger partial charge is 0.337 e. The number of aromatic nitrogens is 2. The molecule has 2 aromatic carbocycles. The number of carbonyl (C=O) groups excluding carboxylic acids is 1. The van der Waals surface area contributed by atoms with Crippen LogP contribution in [0.2, 0.25) is 0 Å². The van der Waals surface area contributed by atoms with Crippen molar-refractivity contribution in [3.05, 3.63) is 95.2 Å². The summed E-state index contributed by atoms with van der Waals surface area (Å²) in [7, 11) is 0. The molecule has 6 nitrogen and oxygen atoms in total. The lowest BCUT2D eigenvalue weighted by atomic mass is 9.94. The van der Waals surface area contributed by atoms with Crippen molar-refractivity contribution in [2.45, 2.75) is 63.1 Å². The summed E-state index contributed by atoms with van der Waals surface area (Å²) in [6.45, 7) is 3.51. The summed E-state index contributed by atoms with van der Waals surface area (Å²) in [5.41, 5.74) is -0.488. The van der Waals surface area contributed by atoms with Crippen molar-refractivity contribution >= 4 is 16.9 Å². The Morgan fingerprint density at radius 2 is 1.60 bits per heavy atom. The van der Waals surface area contributed by atoms with Crippen molar-refractivity contribution in [3.8, 4) is 11.3 Å². The maximum atomic E-state index is 14.4. The van der Waals surface area contributed by atoms with Gasteiger partial charge >= 0.3 is 12.4 Å². The van der Waals surface area contributed by atoms with Crippen LogP contribution in [0.4, 0.5) is 26.3 Å². The molecule has 0 spiro atoms. The molecule has 0 saturated carbocycles. The zero-order valence-electron chi connectivity index (χ0n) is 25.6. The predicted octanol–water partition coefficient (Wildman–Crippen LogP) is 7.80. The van der Waals surface area contributed by atoms with E-state index in [2.05, 4.69) is 25.1 Å².